The van der Waals surface area contributed by atoms with Crippen LogP contribution in [0.1, 0.15) is 16.7 Å². The third-order valence-electron chi connectivity index (χ3n) is 5.36. The van der Waals surface area contributed by atoms with Gasteiger partial charge in [0.1, 0.15) is 5.75 Å². The van der Waals surface area contributed by atoms with Gasteiger partial charge in [-0.3, -0.25) is 4.79 Å². The van der Waals surface area contributed by atoms with Gasteiger partial charge >= 0.3 is 0 Å². The van der Waals surface area contributed by atoms with E-state index in [4.69, 9.17) is 16.3 Å². The summed E-state index contributed by atoms with van der Waals surface area (Å²) in [5.41, 5.74) is 3.25. The molecule has 0 aliphatic carbocycles. The number of amides is 1. The van der Waals surface area contributed by atoms with Crippen LogP contribution in [0.3, 0.4) is 0 Å². The third kappa shape index (κ3) is 5.30. The molecule has 3 aromatic rings. The molecule has 0 saturated carbocycles. The lowest BCUT2D eigenvalue weighted by molar-refractivity contribution is -0.134. The molecule has 4 rings (SSSR count). The molecule has 1 amide bonds. The summed E-state index contributed by atoms with van der Waals surface area (Å²) in [6.45, 7) is 1.19. The highest BCUT2D eigenvalue weighted by Gasteiger charge is 2.21. The molecule has 166 valence electrons. The molecule has 0 aromatic heterocycles. The molecule has 1 aliphatic heterocycles. The highest BCUT2D eigenvalue weighted by molar-refractivity contribution is 7.89. The number of carbonyl (C=O) groups is 1. The summed E-state index contributed by atoms with van der Waals surface area (Å²) in [4.78, 5) is 14.4. The quantitative estimate of drug-likeness (QED) is 0.570. The number of fused-ring (bicyclic) bond motifs is 1. The van der Waals surface area contributed by atoms with Crippen molar-refractivity contribution in [1.29, 1.82) is 0 Å². The topological polar surface area (TPSA) is 75.7 Å². The second-order valence-corrected chi connectivity index (χ2v) is 9.70. The molecule has 3 aromatic carbocycles. The number of rotatable bonds is 7. The number of hydrogen-bond acceptors (Lipinski definition) is 4. The number of sulfonamides is 1. The molecular weight excluding hydrogens is 448 g/mol. The Labute approximate surface area is 192 Å². The number of ether oxygens (including phenoxy) is 1. The van der Waals surface area contributed by atoms with Crippen LogP contribution in [0.15, 0.2) is 77.7 Å². The lowest BCUT2D eigenvalue weighted by atomic mass is 10.00. The Morgan fingerprint density at radius 3 is 2.47 bits per heavy atom. The zero-order chi connectivity index (χ0) is 22.6. The van der Waals surface area contributed by atoms with E-state index >= 15 is 0 Å². The second kappa shape index (κ2) is 9.73. The van der Waals surface area contributed by atoms with Gasteiger partial charge in [0, 0.05) is 19.6 Å². The molecule has 6 nitrogen and oxygen atoms in total. The predicted molar refractivity (Wildman–Crippen MR) is 123 cm³/mol. The van der Waals surface area contributed by atoms with Crippen molar-refractivity contribution in [2.45, 2.75) is 24.4 Å². The van der Waals surface area contributed by atoms with Crippen LogP contribution >= 0.6 is 11.6 Å². The molecule has 1 heterocycles. The summed E-state index contributed by atoms with van der Waals surface area (Å²) < 4.78 is 33.3. The summed E-state index contributed by atoms with van der Waals surface area (Å²) in [6, 6.07) is 21.5. The third-order valence-corrected chi connectivity index (χ3v) is 7.05. The van der Waals surface area contributed by atoms with Crippen molar-refractivity contribution in [3.05, 3.63) is 94.5 Å². The smallest absolute Gasteiger partial charge is 0.260 e. The SMILES string of the molecule is O=C(COc1ccc(S(=O)(=O)NCc2ccccc2)cc1Cl)N1CCc2ccccc2C1. The molecule has 32 heavy (non-hydrogen) atoms. The number of carbonyl (C=O) groups excluding carboxylic acids is 1. The number of nitrogens with one attached hydrogen (secondary N) is 1. The van der Waals surface area contributed by atoms with E-state index in [9.17, 15) is 13.2 Å². The summed E-state index contributed by atoms with van der Waals surface area (Å²) in [5, 5.41) is 0.129. The molecule has 0 bridgehead atoms. The fourth-order valence-corrected chi connectivity index (χ4v) is 4.91. The number of nitrogens with zero attached hydrogens (tertiary/aromatic N) is 1. The Kier molecular flexibility index (Phi) is 6.79. The molecule has 0 atom stereocenters. The Bertz CT molecular complexity index is 1220. The molecule has 0 unspecified atom stereocenters. The van der Waals surface area contributed by atoms with Gasteiger partial charge in [-0.25, -0.2) is 13.1 Å². The zero-order valence-electron chi connectivity index (χ0n) is 17.3. The van der Waals surface area contributed by atoms with Gasteiger partial charge in [0.05, 0.1) is 9.92 Å². The van der Waals surface area contributed by atoms with Gasteiger partial charge in [0.25, 0.3) is 5.91 Å². The molecule has 8 heteroatoms. The first-order valence-corrected chi connectivity index (χ1v) is 12.1. The van der Waals surface area contributed by atoms with Crippen LogP contribution in [0.25, 0.3) is 0 Å². The van der Waals surface area contributed by atoms with E-state index in [0.717, 1.165) is 17.5 Å². The van der Waals surface area contributed by atoms with Crippen molar-refractivity contribution in [2.24, 2.45) is 0 Å². The van der Waals surface area contributed by atoms with Gasteiger partial charge in [-0.05, 0) is 41.3 Å². The minimum atomic E-state index is -3.74. The van der Waals surface area contributed by atoms with E-state index in [0.29, 0.717) is 13.1 Å². The Morgan fingerprint density at radius 2 is 1.72 bits per heavy atom. The Morgan fingerprint density at radius 1 is 1.00 bits per heavy atom. The van der Waals surface area contributed by atoms with E-state index in [1.165, 1.54) is 23.8 Å². The summed E-state index contributed by atoms with van der Waals surface area (Å²) in [7, 11) is -3.74. The molecule has 0 spiro atoms. The first-order chi connectivity index (χ1) is 15.4. The fourth-order valence-electron chi connectivity index (χ4n) is 3.56. The van der Waals surface area contributed by atoms with E-state index in [2.05, 4.69) is 10.8 Å². The van der Waals surface area contributed by atoms with Gasteiger partial charge in [0.2, 0.25) is 10.0 Å². The van der Waals surface area contributed by atoms with Gasteiger partial charge in [-0.15, -0.1) is 0 Å². The van der Waals surface area contributed by atoms with Crippen LogP contribution in [0, 0.1) is 0 Å². The highest BCUT2D eigenvalue weighted by atomic mass is 35.5. The average Bonchev–Trinajstić information content (AvgIpc) is 2.82. The zero-order valence-corrected chi connectivity index (χ0v) is 18.9. The standard InChI is InChI=1S/C24H23ClN2O4S/c25-22-14-21(32(29,30)26-15-18-6-2-1-3-7-18)10-11-23(22)31-17-24(28)27-13-12-19-8-4-5-9-20(19)16-27/h1-11,14,26H,12-13,15-17H2. The Balaban J connectivity index is 1.35. The van der Waals surface area contributed by atoms with E-state index in [1.54, 1.807) is 4.90 Å². The lowest BCUT2D eigenvalue weighted by Gasteiger charge is -2.28. The van der Waals surface area contributed by atoms with E-state index in [-0.39, 0.29) is 34.7 Å². The normalized spacial score (nSPS) is 13.5. The van der Waals surface area contributed by atoms with Gasteiger partial charge in [-0.2, -0.15) is 0 Å². The van der Waals surface area contributed by atoms with Crippen LogP contribution in [0.5, 0.6) is 5.75 Å². The van der Waals surface area contributed by atoms with Crippen LogP contribution in [0.2, 0.25) is 5.02 Å². The summed E-state index contributed by atoms with van der Waals surface area (Å²) >= 11 is 6.25. The molecule has 0 saturated heterocycles. The number of benzene rings is 3. The monoisotopic (exact) mass is 470 g/mol. The van der Waals surface area contributed by atoms with Crippen molar-refractivity contribution >= 4 is 27.5 Å². The van der Waals surface area contributed by atoms with Crippen molar-refractivity contribution in [2.75, 3.05) is 13.2 Å². The van der Waals surface area contributed by atoms with Gasteiger partial charge in [-0.1, -0.05) is 66.2 Å². The second-order valence-electron chi connectivity index (χ2n) is 7.53. The maximum absolute atomic E-state index is 12.6. The van der Waals surface area contributed by atoms with Crippen LogP contribution in [-0.4, -0.2) is 32.4 Å². The first kappa shape index (κ1) is 22.3. The van der Waals surface area contributed by atoms with Crippen molar-refractivity contribution in [1.82, 2.24) is 9.62 Å². The predicted octanol–water partition coefficient (Wildman–Crippen LogP) is 3.78. The molecule has 1 aliphatic rings. The van der Waals surface area contributed by atoms with Crippen LogP contribution in [0.4, 0.5) is 0 Å². The highest BCUT2D eigenvalue weighted by Crippen LogP contribution is 2.28. The Hall–Kier alpha value is -2.87. The molecule has 1 N–H and O–H groups in total. The van der Waals surface area contributed by atoms with E-state index in [1.807, 2.05) is 48.5 Å². The van der Waals surface area contributed by atoms with Gasteiger partial charge in [0.15, 0.2) is 6.61 Å². The average molecular weight is 471 g/mol. The van der Waals surface area contributed by atoms with Crippen molar-refractivity contribution < 1.29 is 17.9 Å². The lowest BCUT2D eigenvalue weighted by Crippen LogP contribution is -2.38. The first-order valence-electron chi connectivity index (χ1n) is 10.2. The van der Waals surface area contributed by atoms with Crippen molar-refractivity contribution in [3.8, 4) is 5.75 Å². The summed E-state index contributed by atoms with van der Waals surface area (Å²) in [6.07, 6.45) is 0.811. The minimum absolute atomic E-state index is 0.0322. The van der Waals surface area contributed by atoms with Gasteiger partial charge < -0.3 is 9.64 Å². The van der Waals surface area contributed by atoms with Crippen LogP contribution in [-0.2, 0) is 34.3 Å². The number of halogens is 1. The van der Waals surface area contributed by atoms with Crippen molar-refractivity contribution in [3.63, 3.8) is 0 Å². The molecule has 0 fully saturated rings. The summed E-state index contributed by atoms with van der Waals surface area (Å²) in [5.74, 6) is 0.122. The fraction of sp³-hybridized carbons (Fsp3) is 0.208. The maximum atomic E-state index is 12.6. The van der Waals surface area contributed by atoms with E-state index < -0.39 is 10.0 Å². The molecule has 0 radical (unpaired) electrons. The minimum Gasteiger partial charge on any atom is -0.482 e. The molecular formula is C24H23ClN2O4S. The largest absolute Gasteiger partial charge is 0.482 e. The number of hydrogen-bond donors (Lipinski definition) is 1. The maximum Gasteiger partial charge on any atom is 0.260 e. The van der Waals surface area contributed by atoms with Crippen LogP contribution < -0.4 is 9.46 Å².